The van der Waals surface area contributed by atoms with E-state index in [2.05, 4.69) is 86.6 Å². The Morgan fingerprint density at radius 3 is 0.833 bits per heavy atom. The van der Waals surface area contributed by atoms with Gasteiger partial charge in [-0.3, -0.25) is 37.3 Å². The number of fused-ring (bicyclic) bond motifs is 2. The maximum Gasteiger partial charge on any atom is 0.459 e. The highest BCUT2D eigenvalue weighted by Crippen LogP contribution is 2.54. The lowest BCUT2D eigenvalue weighted by Gasteiger charge is -2.29. The number of aliphatic imine (C=N–C) groups is 8. The van der Waals surface area contributed by atoms with Crippen LogP contribution < -0.4 is 61.4 Å². The van der Waals surface area contributed by atoms with Crippen molar-refractivity contribution in [2.24, 2.45) is 74.7 Å². The number of aliphatic hydroxyl groups excluding tert-OH is 8. The van der Waals surface area contributed by atoms with Crippen LogP contribution in [0.4, 0.5) is 0 Å². The van der Waals surface area contributed by atoms with Crippen LogP contribution >= 0.6 is 78.0 Å². The summed E-state index contributed by atoms with van der Waals surface area (Å²) in [5.41, 5.74) is 22.3. The molecule has 0 aromatic heterocycles. The van der Waals surface area contributed by atoms with E-state index < -0.39 is 170 Å². The Hall–Kier alpha value is -10.7. The monoisotopic (exact) mass is 2240 g/mol. The molecule has 56 heteroatoms. The highest BCUT2D eigenvalue weighted by Gasteiger charge is 2.53. The third-order valence-corrected chi connectivity index (χ3v) is 34.8. The van der Waals surface area contributed by atoms with Gasteiger partial charge >= 0.3 is 54.9 Å². The van der Waals surface area contributed by atoms with E-state index in [4.69, 9.17) is 78.1 Å². The molecule has 8 aliphatic heterocycles. The smallest absolute Gasteiger partial charge is 0.459 e. The number of nitrogens with two attached hydrogens (primary N) is 4. The Balaban J connectivity index is 0.000000190. The number of carbonyl (C=O) groups excluding carboxylic acids is 4. The van der Waals surface area contributed by atoms with Gasteiger partial charge in [0.1, 0.15) is 142 Å². The number of hydrogen-bond donors (Lipinski definition) is 16. The van der Waals surface area contributed by atoms with Crippen molar-refractivity contribution in [1.29, 1.82) is 0 Å². The first-order valence-electron chi connectivity index (χ1n) is 47.1. The number of para-hydroxylation sites is 2. The van der Waals surface area contributed by atoms with Crippen LogP contribution in [0.1, 0.15) is 83.1 Å². The summed E-state index contributed by atoms with van der Waals surface area (Å²) in [6, 6.07) is 37.9. The Bertz CT molecular complexity index is 6200. The Kier molecular flexibility index (Phi) is 43.2. The minimum absolute atomic E-state index is 0.0249. The molecule has 8 unspecified atom stereocenters. The molecule has 14 rings (SSSR count). The molecule has 0 amide bonds. The van der Waals surface area contributed by atoms with E-state index in [0.717, 1.165) is 46.1 Å². The average molecular weight is 2240 g/mol. The van der Waals surface area contributed by atoms with Crippen molar-refractivity contribution in [1.82, 2.24) is 39.9 Å². The number of guanidine groups is 4. The first-order chi connectivity index (χ1) is 70.9. The molecule has 8 heterocycles. The third-order valence-electron chi connectivity index (χ3n) is 22.0. The van der Waals surface area contributed by atoms with E-state index in [1.54, 1.807) is 113 Å². The molecule has 816 valence electrons. The number of rotatable bonds is 42. The number of ether oxygens (including phenoxy) is 4. The van der Waals surface area contributed by atoms with Gasteiger partial charge in [-0.2, -0.15) is 40.3 Å². The zero-order valence-corrected chi connectivity index (χ0v) is 90.8. The second-order valence-electron chi connectivity index (χ2n) is 35.9. The van der Waals surface area contributed by atoms with E-state index in [1.165, 1.54) is 84.4 Å². The van der Waals surface area contributed by atoms with Crippen LogP contribution in [0, 0.1) is 11.8 Å². The number of nitrogens with one attached hydrogen (secondary N) is 4. The van der Waals surface area contributed by atoms with Gasteiger partial charge in [0.2, 0.25) is 23.8 Å². The summed E-state index contributed by atoms with van der Waals surface area (Å²) < 4.78 is 122. The van der Waals surface area contributed by atoms with E-state index in [1.807, 2.05) is 88.4 Å². The van der Waals surface area contributed by atoms with Crippen LogP contribution in [0.2, 0.25) is 0 Å². The predicted molar refractivity (Wildman–Crippen MR) is 575 cm³/mol. The lowest BCUT2D eigenvalue weighted by atomic mass is 10.1. The molecule has 8 aliphatic rings. The van der Waals surface area contributed by atoms with E-state index in [9.17, 15) is 78.3 Å². The number of carbonyl (C=O) groups is 4. The Morgan fingerprint density at radius 2 is 0.580 bits per heavy atom. The standard InChI is InChI=1S/C26H34N5O7PS.C25H32N5O7PS.C22H32N5O7PS.C21H30N5O7PS/c1-15(2)12-36-25(34)16(3)30-39(35,38-20-11-7-9-18-8-5-6-10-19(18)20)37-13-21-22(32)23(33)24(40-21)31-14-28-26(27)29-17(31)4;1-14(2)36-24(33)15(3)29-38(34,37-19-11-7-9-17-8-5-6-10-18(17)19)35-12-20-21(31)22(32)23(39-20)30-13-27-25(26)28-16(30)4;1-13(2)10-32-21(30)14(3)26-35(31,34-16-8-6-5-7-9-16)33-11-17-18(28)19(29)20(36-17)27-12-24-22(23)25-15(27)4;1-12(2)32-20(29)13(3)25-34(30,33-15-8-6-5-7-9-15)31-10-16-17(27)18(28)19(35-16)26-11-23-21(22)24-14(26)4/h5-11,14-16,21-24,32-33H,4,12-13H2,1-3H3,(H2,27,29)(H,30,35);5-11,13-15,20-23,31-32H,4,12H2,1-3H3,(H2,26,28)(H,29,34);5-9,12-14,17-20,28-29H,4,10-11H2,1-3H3,(H2,23,25)(H,26,31);5-9,11-13,16-19,27-28H,4,10H2,1-3H3,(H2,22,24)(H,25,30)/t16-,21+,22-,23?,24+,39?;15-,20+,21-,22?,23+,38?;14-,17+,18-,19?,20+,35?;13-,16+,17-,18?,19+,34?/m0000/s1. The number of esters is 4. The molecule has 6 aromatic rings. The molecule has 48 nitrogen and oxygen atoms in total. The van der Waals surface area contributed by atoms with Crippen molar-refractivity contribution in [2.45, 2.75) is 211 Å². The van der Waals surface area contributed by atoms with Crippen LogP contribution in [0.3, 0.4) is 0 Å². The first kappa shape index (κ1) is 120. The van der Waals surface area contributed by atoms with Gasteiger partial charge in [-0.05, 0) is 114 Å². The number of hydrogen-bond acceptors (Lipinski definition) is 48. The molecule has 0 spiro atoms. The minimum atomic E-state index is -4.23. The summed E-state index contributed by atoms with van der Waals surface area (Å²) in [6.07, 6.45) is -5.10. The lowest BCUT2D eigenvalue weighted by Crippen LogP contribution is -2.43. The van der Waals surface area contributed by atoms with E-state index >= 15 is 0 Å². The van der Waals surface area contributed by atoms with Crippen molar-refractivity contribution in [2.75, 3.05) is 39.6 Å². The largest absolute Gasteiger partial charge is 0.464 e. The SMILES string of the molecule is C=C1N=C(N)N=CN1[C@@H]1S[C@H](COP(=O)(N[C@@H](C)C(=O)OC(C)C)Oc2cccc3ccccc23)[C@H](O)C1O.C=C1N=C(N)N=CN1[C@@H]1S[C@H](COP(=O)(N[C@@H](C)C(=O)OC(C)C)Oc2ccccc2)[C@H](O)C1O.C=C1N=C(N)N=CN1[C@@H]1S[C@H](COP(=O)(N[C@@H](C)C(=O)OCC(C)C)Oc2cccc3ccccc23)[C@H](O)C1O.C=C1N=C(N)N=CN1[C@@H]1S[C@H](COP(=O)(N[C@@H](C)C(=O)OCC(C)C)Oc2ccccc2)[C@H](O)C1O. The third kappa shape index (κ3) is 33.2. The maximum atomic E-state index is 14.1. The van der Waals surface area contributed by atoms with Crippen molar-refractivity contribution < 1.29 is 133 Å². The Morgan fingerprint density at radius 1 is 0.340 bits per heavy atom. The quantitative estimate of drug-likeness (QED) is 0.00970. The summed E-state index contributed by atoms with van der Waals surface area (Å²) >= 11 is 4.66. The fourth-order valence-corrected chi connectivity index (χ4v) is 26.9. The van der Waals surface area contributed by atoms with Crippen LogP contribution in [0.5, 0.6) is 23.0 Å². The molecule has 4 saturated heterocycles. The molecule has 24 atom stereocenters. The zero-order valence-electron chi connectivity index (χ0n) is 83.9. The number of benzene rings is 6. The van der Waals surface area contributed by atoms with Crippen LogP contribution in [-0.4, -0.2) is 301 Å². The van der Waals surface area contributed by atoms with E-state index in [0.29, 0.717) is 10.8 Å². The molecule has 0 radical (unpaired) electrons. The van der Waals surface area contributed by atoms with Gasteiger partial charge in [0.25, 0.3) is 0 Å². The minimum Gasteiger partial charge on any atom is -0.464 e. The normalized spacial score (nSPS) is 25.9. The average Bonchev–Trinajstić information content (AvgIpc) is 1.64. The second-order valence-corrected chi connectivity index (χ2v) is 48.1. The summed E-state index contributed by atoms with van der Waals surface area (Å²) in [5, 5.41) is 93.5. The topological polar surface area (TPSA) is 673 Å². The fourth-order valence-electron chi connectivity index (χ4n) is 14.5. The number of nitrogens with zero attached hydrogens (tertiary/aromatic N) is 12. The van der Waals surface area contributed by atoms with Gasteiger partial charge in [0, 0.05) is 10.8 Å². The molecule has 0 aliphatic carbocycles. The summed E-state index contributed by atoms with van der Waals surface area (Å²) in [5.74, 6) is -0.0734. The summed E-state index contributed by atoms with van der Waals surface area (Å²) in [4.78, 5) is 87.3. The highest BCUT2D eigenvalue weighted by atomic mass is 32.2. The van der Waals surface area contributed by atoms with Crippen molar-refractivity contribution in [3.05, 3.63) is 195 Å². The van der Waals surface area contributed by atoms with Gasteiger partial charge in [0.15, 0.2) is 0 Å². The molecule has 4 fully saturated rings. The van der Waals surface area contributed by atoms with Gasteiger partial charge in [0.05, 0.1) is 97.3 Å². The molecule has 0 saturated carbocycles. The van der Waals surface area contributed by atoms with Crippen LogP contribution in [0.15, 0.2) is 235 Å². The molecule has 0 bridgehead atoms. The molecule has 150 heavy (non-hydrogen) atoms. The van der Waals surface area contributed by atoms with Crippen molar-refractivity contribution in [3.63, 3.8) is 0 Å². The molecular weight excluding hydrogens is 2110 g/mol. The van der Waals surface area contributed by atoms with E-state index in [-0.39, 0.29) is 134 Å². The lowest BCUT2D eigenvalue weighted by molar-refractivity contribution is -0.150. The molecule has 20 N–H and O–H groups in total. The maximum absolute atomic E-state index is 14.1. The second kappa shape index (κ2) is 54.2. The Labute approximate surface area is 883 Å². The van der Waals surface area contributed by atoms with Crippen molar-refractivity contribution in [3.8, 4) is 23.0 Å². The van der Waals surface area contributed by atoms with Gasteiger partial charge < -0.3 is 120 Å². The number of thioether (sulfide) groups is 4. The molecular formula is C94H128N20O28P4S4. The van der Waals surface area contributed by atoms with Crippen LogP contribution in [-0.2, 0) is 74.5 Å². The van der Waals surface area contributed by atoms with Crippen LogP contribution in [0.25, 0.3) is 21.5 Å². The zero-order chi connectivity index (χ0) is 110. The fraction of sp³-hybridized carbons (Fsp3) is 0.447. The van der Waals surface area contributed by atoms with Crippen molar-refractivity contribution >= 4 is 173 Å². The summed E-state index contributed by atoms with van der Waals surface area (Å²) in [7, 11) is -16.7. The van der Waals surface area contributed by atoms with Gasteiger partial charge in [-0.1, -0.05) is 163 Å². The van der Waals surface area contributed by atoms with Gasteiger partial charge in [-0.15, -0.1) is 47.0 Å². The molecule has 6 aromatic carbocycles. The number of aliphatic hydroxyl groups is 8. The highest BCUT2D eigenvalue weighted by molar-refractivity contribution is 8.01. The van der Waals surface area contributed by atoms with Gasteiger partial charge in [-0.25, -0.2) is 38.2 Å². The first-order valence-corrected chi connectivity index (χ1v) is 57.0. The predicted octanol–water partition coefficient (Wildman–Crippen LogP) is 8.45. The summed E-state index contributed by atoms with van der Waals surface area (Å²) in [6.45, 7) is 34.9.